The van der Waals surface area contributed by atoms with Crippen LogP contribution in [0.4, 0.5) is 0 Å². The summed E-state index contributed by atoms with van der Waals surface area (Å²) < 4.78 is 3.01. The zero-order valence-electron chi connectivity index (χ0n) is 13.9. The Balaban J connectivity index is 1.65. The van der Waals surface area contributed by atoms with E-state index >= 15 is 0 Å². The van der Waals surface area contributed by atoms with Gasteiger partial charge >= 0.3 is 5.69 Å². The molecule has 2 aliphatic rings. The van der Waals surface area contributed by atoms with Crippen molar-refractivity contribution in [2.24, 2.45) is 0 Å². The third-order valence-electron chi connectivity index (χ3n) is 4.93. The summed E-state index contributed by atoms with van der Waals surface area (Å²) in [7, 11) is 0. The maximum Gasteiger partial charge on any atom is 0.346 e. The van der Waals surface area contributed by atoms with Crippen LogP contribution in [0.25, 0.3) is 0 Å². The molecule has 1 fully saturated rings. The van der Waals surface area contributed by atoms with Gasteiger partial charge in [0.05, 0.1) is 11.6 Å². The number of hydrogen-bond donors (Lipinski definition) is 0. The lowest BCUT2D eigenvalue weighted by Crippen LogP contribution is -2.41. The van der Waals surface area contributed by atoms with E-state index < -0.39 is 6.04 Å². The Morgan fingerprint density at radius 2 is 2.04 bits per heavy atom. The number of pyridine rings is 1. The quantitative estimate of drug-likeness (QED) is 0.833. The Morgan fingerprint density at radius 1 is 1.24 bits per heavy atom. The highest BCUT2D eigenvalue weighted by molar-refractivity contribution is 6.30. The van der Waals surface area contributed by atoms with E-state index in [0.717, 1.165) is 44.3 Å². The second kappa shape index (κ2) is 6.63. The Labute approximate surface area is 150 Å². The molecule has 1 atom stereocenters. The van der Waals surface area contributed by atoms with E-state index in [-0.39, 0.29) is 11.6 Å². The van der Waals surface area contributed by atoms with E-state index in [1.165, 1.54) is 4.68 Å². The molecule has 25 heavy (non-hydrogen) atoms. The van der Waals surface area contributed by atoms with Gasteiger partial charge in [-0.2, -0.15) is 5.10 Å². The summed E-state index contributed by atoms with van der Waals surface area (Å²) in [5.41, 5.74) is 0.583. The minimum absolute atomic E-state index is 0.0597. The second-order valence-electron chi connectivity index (χ2n) is 6.68. The van der Waals surface area contributed by atoms with Gasteiger partial charge < -0.3 is 4.90 Å². The minimum atomic E-state index is -0.416. The van der Waals surface area contributed by atoms with Crippen LogP contribution in [0, 0.1) is 0 Å². The molecule has 7 nitrogen and oxygen atoms in total. The first kappa shape index (κ1) is 16.3. The highest BCUT2D eigenvalue weighted by Crippen LogP contribution is 2.25. The average Bonchev–Trinajstić information content (AvgIpc) is 3.24. The second-order valence-corrected chi connectivity index (χ2v) is 7.11. The normalized spacial score (nSPS) is 19.9. The van der Waals surface area contributed by atoms with Gasteiger partial charge in [0.15, 0.2) is 0 Å². The number of halogens is 1. The average molecular weight is 362 g/mol. The number of nitrogens with zero attached hydrogens (tertiary/aromatic N) is 5. The van der Waals surface area contributed by atoms with E-state index in [2.05, 4.69) is 10.1 Å². The summed E-state index contributed by atoms with van der Waals surface area (Å²) in [4.78, 5) is 31.6. The van der Waals surface area contributed by atoms with E-state index in [1.807, 2.05) is 4.90 Å². The maximum atomic E-state index is 12.9. The van der Waals surface area contributed by atoms with Gasteiger partial charge in [0.1, 0.15) is 11.9 Å². The van der Waals surface area contributed by atoms with Gasteiger partial charge in [0, 0.05) is 31.9 Å². The molecule has 1 amide bonds. The fourth-order valence-corrected chi connectivity index (χ4v) is 3.93. The number of carbonyl (C=O) groups excluding carboxylic acids is 1. The number of likely N-dealkylation sites (tertiary alicyclic amines) is 1. The van der Waals surface area contributed by atoms with E-state index in [9.17, 15) is 9.59 Å². The van der Waals surface area contributed by atoms with Gasteiger partial charge in [-0.15, -0.1) is 0 Å². The molecule has 4 rings (SSSR count). The largest absolute Gasteiger partial charge is 0.346 e. The van der Waals surface area contributed by atoms with Crippen molar-refractivity contribution >= 4 is 17.5 Å². The molecule has 132 valence electrons. The Hall–Kier alpha value is -2.15. The number of carbonyl (C=O) groups is 1. The first-order valence-electron chi connectivity index (χ1n) is 8.70. The van der Waals surface area contributed by atoms with Crippen LogP contribution in [-0.2, 0) is 17.8 Å². The number of rotatable bonds is 3. The zero-order chi connectivity index (χ0) is 17.4. The van der Waals surface area contributed by atoms with Crippen LogP contribution in [0.2, 0.25) is 5.02 Å². The molecule has 0 radical (unpaired) electrons. The van der Waals surface area contributed by atoms with Gasteiger partial charge in [-0.05, 0) is 37.3 Å². The van der Waals surface area contributed by atoms with Crippen LogP contribution < -0.4 is 5.69 Å². The van der Waals surface area contributed by atoms with Gasteiger partial charge in [0.25, 0.3) is 0 Å². The molecule has 1 saturated heterocycles. The van der Waals surface area contributed by atoms with Gasteiger partial charge in [-0.3, -0.25) is 14.3 Å². The molecular weight excluding hydrogens is 342 g/mol. The number of aromatic nitrogens is 4. The molecule has 2 aliphatic heterocycles. The summed E-state index contributed by atoms with van der Waals surface area (Å²) in [5.74, 6) is 0.758. The van der Waals surface area contributed by atoms with Crippen molar-refractivity contribution in [3.8, 4) is 0 Å². The zero-order valence-corrected chi connectivity index (χ0v) is 14.7. The van der Waals surface area contributed by atoms with Crippen LogP contribution in [-0.4, -0.2) is 43.2 Å². The maximum absolute atomic E-state index is 12.9. The summed E-state index contributed by atoms with van der Waals surface area (Å²) in [6.07, 6.45) is 7.61. The lowest BCUT2D eigenvalue weighted by Gasteiger charge is -2.27. The van der Waals surface area contributed by atoms with Gasteiger partial charge in [-0.1, -0.05) is 11.6 Å². The number of aryl methyl sites for hydroxylation is 1. The molecule has 1 unspecified atom stereocenters. The Kier molecular flexibility index (Phi) is 4.33. The Morgan fingerprint density at radius 3 is 2.80 bits per heavy atom. The predicted octanol–water partition coefficient (Wildman–Crippen LogP) is 1.64. The van der Waals surface area contributed by atoms with Crippen molar-refractivity contribution in [3.63, 3.8) is 0 Å². The standard InChI is InChI=1S/C17H20ClN5O2/c18-13-8-12(9-19-10-13)11-22-17(25)23-14(4-3-5-15(23)20-22)16(24)21-6-1-2-7-21/h8-10,14H,1-7,11H2. The minimum Gasteiger partial charge on any atom is -0.341 e. The summed E-state index contributed by atoms with van der Waals surface area (Å²) in [6, 6.07) is 1.35. The molecule has 0 spiro atoms. The Bertz CT molecular complexity index is 853. The SMILES string of the molecule is O=C(C1CCCc2nn(Cc3cncc(Cl)c3)c(=O)n21)N1CCCC1. The van der Waals surface area contributed by atoms with E-state index in [0.29, 0.717) is 23.8 Å². The van der Waals surface area contributed by atoms with Gasteiger partial charge in [-0.25, -0.2) is 9.48 Å². The molecule has 0 N–H and O–H groups in total. The first-order valence-corrected chi connectivity index (χ1v) is 9.08. The number of hydrogen-bond acceptors (Lipinski definition) is 4. The third kappa shape index (κ3) is 3.08. The van der Waals surface area contributed by atoms with Crippen LogP contribution >= 0.6 is 11.6 Å². The van der Waals surface area contributed by atoms with Crippen molar-refractivity contribution in [3.05, 3.63) is 45.4 Å². The highest BCUT2D eigenvalue weighted by atomic mass is 35.5. The topological polar surface area (TPSA) is 73.0 Å². The molecule has 4 heterocycles. The van der Waals surface area contributed by atoms with Crippen molar-refractivity contribution in [1.29, 1.82) is 0 Å². The van der Waals surface area contributed by atoms with Crippen molar-refractivity contribution < 1.29 is 4.79 Å². The molecule has 8 heteroatoms. The first-order chi connectivity index (χ1) is 12.1. The van der Waals surface area contributed by atoms with Gasteiger partial charge in [0.2, 0.25) is 5.91 Å². The van der Waals surface area contributed by atoms with E-state index in [1.54, 1.807) is 23.0 Å². The van der Waals surface area contributed by atoms with Crippen molar-refractivity contribution in [2.75, 3.05) is 13.1 Å². The number of fused-ring (bicyclic) bond motifs is 1. The van der Waals surface area contributed by atoms with Crippen LogP contribution in [0.3, 0.4) is 0 Å². The molecule has 2 aromatic heterocycles. The van der Waals surface area contributed by atoms with E-state index in [4.69, 9.17) is 11.6 Å². The summed E-state index contributed by atoms with van der Waals surface area (Å²) in [5, 5.41) is 4.98. The lowest BCUT2D eigenvalue weighted by molar-refractivity contribution is -0.134. The lowest BCUT2D eigenvalue weighted by atomic mass is 10.0. The molecule has 0 saturated carbocycles. The molecule has 0 aromatic carbocycles. The molecule has 0 aliphatic carbocycles. The number of amides is 1. The summed E-state index contributed by atoms with van der Waals surface area (Å²) in [6.45, 7) is 1.89. The van der Waals surface area contributed by atoms with Crippen LogP contribution in [0.1, 0.15) is 43.1 Å². The molecule has 2 aromatic rings. The fraction of sp³-hybridized carbons (Fsp3) is 0.529. The monoisotopic (exact) mass is 361 g/mol. The highest BCUT2D eigenvalue weighted by Gasteiger charge is 2.34. The van der Waals surface area contributed by atoms with Crippen molar-refractivity contribution in [2.45, 2.75) is 44.7 Å². The summed E-state index contributed by atoms with van der Waals surface area (Å²) >= 11 is 5.96. The smallest absolute Gasteiger partial charge is 0.341 e. The molecule has 0 bridgehead atoms. The third-order valence-corrected chi connectivity index (χ3v) is 5.13. The van der Waals surface area contributed by atoms with Crippen LogP contribution in [0.15, 0.2) is 23.3 Å². The van der Waals surface area contributed by atoms with Crippen LogP contribution in [0.5, 0.6) is 0 Å². The molecular formula is C17H20ClN5O2. The van der Waals surface area contributed by atoms with Crippen molar-refractivity contribution in [1.82, 2.24) is 24.2 Å². The fourth-order valence-electron chi connectivity index (χ4n) is 3.73. The predicted molar refractivity (Wildman–Crippen MR) is 92.6 cm³/mol.